The molecule has 3 rings (SSSR count). The first-order valence-electron chi connectivity index (χ1n) is 10.2. The smallest absolute Gasteiger partial charge is 0.235 e. The number of hydrogen-bond acceptors (Lipinski definition) is 5. The second-order valence-electron chi connectivity index (χ2n) is 7.19. The fraction of sp³-hybridized carbons (Fsp3) is 0.348. The van der Waals surface area contributed by atoms with Crippen molar-refractivity contribution in [2.45, 2.75) is 31.2 Å². The van der Waals surface area contributed by atoms with Crippen LogP contribution in [0.3, 0.4) is 0 Å². The normalized spacial score (nSPS) is 11.9. The highest BCUT2D eigenvalue weighted by atomic mass is 32.2. The highest BCUT2D eigenvalue weighted by Gasteiger charge is 2.22. The van der Waals surface area contributed by atoms with E-state index in [1.54, 1.807) is 19.0 Å². The number of benzene rings is 2. The molecular weight excluding hydrogens is 394 g/mol. The second kappa shape index (κ2) is 9.80. The molecule has 0 unspecified atom stereocenters. The summed E-state index contributed by atoms with van der Waals surface area (Å²) < 4.78 is 2.02. The van der Waals surface area contributed by atoms with E-state index in [1.165, 1.54) is 17.4 Å². The molecule has 0 N–H and O–H groups in total. The zero-order chi connectivity index (χ0) is 21.7. The Morgan fingerprint density at radius 2 is 1.63 bits per heavy atom. The minimum absolute atomic E-state index is 0.0488. The summed E-state index contributed by atoms with van der Waals surface area (Å²) in [6.45, 7) is 8.14. The quantitative estimate of drug-likeness (QED) is 0.504. The fourth-order valence-electron chi connectivity index (χ4n) is 3.33. The largest absolute Gasteiger partial charge is 0.372 e. The lowest BCUT2D eigenvalue weighted by atomic mass is 10.1. The third-order valence-corrected chi connectivity index (χ3v) is 6.00. The summed E-state index contributed by atoms with van der Waals surface area (Å²) >= 11 is 1.42. The minimum atomic E-state index is -0.260. The number of thioether (sulfide) groups is 1. The van der Waals surface area contributed by atoms with Gasteiger partial charge in [0.15, 0.2) is 11.0 Å². The molecule has 158 valence electrons. The highest BCUT2D eigenvalue weighted by molar-refractivity contribution is 8.00. The van der Waals surface area contributed by atoms with Gasteiger partial charge in [0.05, 0.1) is 5.25 Å². The van der Waals surface area contributed by atoms with Crippen molar-refractivity contribution in [3.8, 4) is 17.1 Å². The lowest BCUT2D eigenvalue weighted by Gasteiger charge is -2.21. The van der Waals surface area contributed by atoms with Crippen LogP contribution in [-0.4, -0.2) is 58.0 Å². The van der Waals surface area contributed by atoms with E-state index in [-0.39, 0.29) is 11.2 Å². The van der Waals surface area contributed by atoms with Crippen LogP contribution >= 0.6 is 11.8 Å². The van der Waals surface area contributed by atoms with E-state index in [0.717, 1.165) is 30.2 Å². The Kier molecular flexibility index (Phi) is 7.15. The molecule has 0 saturated carbocycles. The van der Waals surface area contributed by atoms with Crippen molar-refractivity contribution in [3.63, 3.8) is 0 Å². The maximum Gasteiger partial charge on any atom is 0.235 e. The average molecular weight is 424 g/mol. The Hall–Kier alpha value is -2.80. The molecule has 2 aromatic carbocycles. The standard InChI is InChI=1S/C23H29N5OS/c1-6-27(7-2)19-15-13-18(14-16-19)21-24-25-23(30-17(3)22(29)26(4)5)28(21)20-11-9-8-10-12-20/h8-17H,6-7H2,1-5H3/t17-/m0/s1. The molecule has 3 aromatic rings. The van der Waals surface area contributed by atoms with Crippen LogP contribution in [0.2, 0.25) is 0 Å². The van der Waals surface area contributed by atoms with Gasteiger partial charge in [-0.15, -0.1) is 10.2 Å². The van der Waals surface area contributed by atoms with Gasteiger partial charge in [0, 0.05) is 44.1 Å². The zero-order valence-corrected chi connectivity index (χ0v) is 19.1. The zero-order valence-electron chi connectivity index (χ0n) is 18.2. The lowest BCUT2D eigenvalue weighted by Crippen LogP contribution is -2.29. The van der Waals surface area contributed by atoms with Gasteiger partial charge in [-0.1, -0.05) is 30.0 Å². The van der Waals surface area contributed by atoms with E-state index >= 15 is 0 Å². The molecule has 6 nitrogen and oxygen atoms in total. The van der Waals surface area contributed by atoms with Crippen molar-refractivity contribution in [3.05, 3.63) is 54.6 Å². The van der Waals surface area contributed by atoms with Gasteiger partial charge in [-0.3, -0.25) is 9.36 Å². The lowest BCUT2D eigenvalue weighted by molar-refractivity contribution is -0.127. The number of amides is 1. The number of hydrogen-bond donors (Lipinski definition) is 0. The summed E-state index contributed by atoms with van der Waals surface area (Å²) in [7, 11) is 3.54. The predicted octanol–water partition coefficient (Wildman–Crippen LogP) is 4.35. The van der Waals surface area contributed by atoms with E-state index < -0.39 is 0 Å². The molecule has 0 aliphatic carbocycles. The number of carbonyl (C=O) groups is 1. The molecule has 0 aliphatic rings. The Morgan fingerprint density at radius 1 is 1.00 bits per heavy atom. The van der Waals surface area contributed by atoms with Crippen LogP contribution in [0.25, 0.3) is 17.1 Å². The molecule has 0 aliphatic heterocycles. The van der Waals surface area contributed by atoms with Crippen molar-refractivity contribution < 1.29 is 4.79 Å². The minimum Gasteiger partial charge on any atom is -0.372 e. The Balaban J connectivity index is 2.01. The SMILES string of the molecule is CCN(CC)c1ccc(-c2nnc(S[C@@H](C)C(=O)N(C)C)n2-c2ccccc2)cc1. The average Bonchev–Trinajstić information content (AvgIpc) is 3.18. The predicted molar refractivity (Wildman–Crippen MR) is 124 cm³/mol. The van der Waals surface area contributed by atoms with Crippen LogP contribution < -0.4 is 4.90 Å². The first-order chi connectivity index (χ1) is 14.5. The van der Waals surface area contributed by atoms with Crippen molar-refractivity contribution in [2.24, 2.45) is 0 Å². The summed E-state index contributed by atoms with van der Waals surface area (Å²) in [4.78, 5) is 16.3. The number of rotatable bonds is 8. The van der Waals surface area contributed by atoms with Crippen LogP contribution in [0, 0.1) is 0 Å². The first kappa shape index (κ1) is 21.9. The number of para-hydroxylation sites is 1. The molecule has 0 fully saturated rings. The van der Waals surface area contributed by atoms with Gasteiger partial charge >= 0.3 is 0 Å². The van der Waals surface area contributed by atoms with E-state index in [4.69, 9.17) is 0 Å². The van der Waals surface area contributed by atoms with E-state index in [2.05, 4.69) is 53.2 Å². The molecule has 1 aromatic heterocycles. The molecular formula is C23H29N5OS. The molecule has 0 spiro atoms. The van der Waals surface area contributed by atoms with Gasteiger partial charge in [-0.2, -0.15) is 0 Å². The third kappa shape index (κ3) is 4.67. The molecule has 30 heavy (non-hydrogen) atoms. The molecule has 1 heterocycles. The first-order valence-corrected chi connectivity index (χ1v) is 11.1. The monoisotopic (exact) mass is 423 g/mol. The molecule has 1 amide bonds. The topological polar surface area (TPSA) is 54.3 Å². The Labute approximate surface area is 182 Å². The number of aromatic nitrogens is 3. The third-order valence-electron chi connectivity index (χ3n) is 4.97. The van der Waals surface area contributed by atoms with Gasteiger partial charge in [0.1, 0.15) is 0 Å². The van der Waals surface area contributed by atoms with Gasteiger partial charge in [-0.25, -0.2) is 0 Å². The van der Waals surface area contributed by atoms with Gasteiger partial charge < -0.3 is 9.80 Å². The number of nitrogens with zero attached hydrogens (tertiary/aromatic N) is 5. The summed E-state index contributed by atoms with van der Waals surface area (Å²) in [5.41, 5.74) is 3.15. The molecule has 0 saturated heterocycles. The van der Waals surface area contributed by atoms with Crippen molar-refractivity contribution in [1.82, 2.24) is 19.7 Å². The fourth-order valence-corrected chi connectivity index (χ4v) is 4.34. The van der Waals surface area contributed by atoms with Crippen LogP contribution in [0.1, 0.15) is 20.8 Å². The summed E-state index contributed by atoms with van der Waals surface area (Å²) in [5, 5.41) is 9.36. The Morgan fingerprint density at radius 3 is 2.20 bits per heavy atom. The molecule has 0 radical (unpaired) electrons. The summed E-state index contributed by atoms with van der Waals surface area (Å²) in [6.07, 6.45) is 0. The number of carbonyl (C=O) groups excluding carboxylic acids is 1. The Bertz CT molecular complexity index is 965. The molecule has 0 bridgehead atoms. The van der Waals surface area contributed by atoms with Crippen molar-refractivity contribution in [2.75, 3.05) is 32.1 Å². The molecule has 7 heteroatoms. The van der Waals surface area contributed by atoms with Crippen LogP contribution in [0.5, 0.6) is 0 Å². The van der Waals surface area contributed by atoms with Crippen LogP contribution in [0.4, 0.5) is 5.69 Å². The second-order valence-corrected chi connectivity index (χ2v) is 8.50. The number of anilines is 1. The summed E-state index contributed by atoms with van der Waals surface area (Å²) in [5.74, 6) is 0.812. The van der Waals surface area contributed by atoms with Crippen molar-refractivity contribution in [1.29, 1.82) is 0 Å². The van der Waals surface area contributed by atoms with E-state index in [1.807, 2.05) is 41.8 Å². The van der Waals surface area contributed by atoms with Crippen molar-refractivity contribution >= 4 is 23.4 Å². The maximum atomic E-state index is 12.4. The van der Waals surface area contributed by atoms with Gasteiger partial charge in [-0.05, 0) is 57.2 Å². The molecule has 1 atom stereocenters. The van der Waals surface area contributed by atoms with Gasteiger partial charge in [0.2, 0.25) is 5.91 Å². The van der Waals surface area contributed by atoms with Gasteiger partial charge in [0.25, 0.3) is 0 Å². The highest BCUT2D eigenvalue weighted by Crippen LogP contribution is 2.31. The van der Waals surface area contributed by atoms with Crippen LogP contribution in [0.15, 0.2) is 59.8 Å². The van der Waals surface area contributed by atoms with Crippen LogP contribution in [-0.2, 0) is 4.79 Å². The maximum absolute atomic E-state index is 12.4. The summed E-state index contributed by atoms with van der Waals surface area (Å²) in [6, 6.07) is 18.4. The van der Waals surface area contributed by atoms with E-state index in [9.17, 15) is 4.79 Å². The van der Waals surface area contributed by atoms with E-state index in [0.29, 0.717) is 5.16 Å².